The van der Waals surface area contributed by atoms with Crippen LogP contribution in [0.2, 0.25) is 0 Å². The van der Waals surface area contributed by atoms with E-state index in [9.17, 15) is 107 Å². The van der Waals surface area contributed by atoms with Gasteiger partial charge in [0.25, 0.3) is 0 Å². The number of benzene rings is 1. The number of hydrogen-bond acceptors (Lipinski definition) is 28. The van der Waals surface area contributed by atoms with Crippen LogP contribution in [-0.4, -0.2) is 313 Å². The number of carboxylic acids is 4. The summed E-state index contributed by atoms with van der Waals surface area (Å²) in [5, 5.41) is 117. The number of H-pyrrole nitrogens is 2. The number of nitrogens with one attached hydrogen (secondary N) is 25. The van der Waals surface area contributed by atoms with Gasteiger partial charge in [0.15, 0.2) is 23.8 Å². The molecular weight excluding hydrogens is 1930 g/mol. The normalized spacial score (nSPS) is 14.5. The van der Waals surface area contributed by atoms with Crippen LogP contribution in [0.3, 0.4) is 0 Å². The Kier molecular flexibility index (Phi) is 55.4. The van der Waals surface area contributed by atoms with Crippen molar-refractivity contribution >= 4 is 159 Å². The number of imidazole rings is 1. The summed E-state index contributed by atoms with van der Waals surface area (Å²) in [6.45, 7) is 8.64. The number of hydrogen-bond donors (Lipinski definition) is 37. The molecule has 0 bridgehead atoms. The Labute approximate surface area is 844 Å². The number of amides is 17. The van der Waals surface area contributed by atoms with Crippen molar-refractivity contribution in [2.24, 2.45) is 57.7 Å². The minimum absolute atomic E-state index is 0.000112. The number of nitrogens with zero attached hydrogens (tertiary/aromatic N) is 1. The van der Waals surface area contributed by atoms with Crippen molar-refractivity contribution in [3.05, 3.63) is 54.2 Å². The van der Waals surface area contributed by atoms with Gasteiger partial charge in [0.05, 0.1) is 25.2 Å². The maximum atomic E-state index is 15.4. The third-order valence-electron chi connectivity index (χ3n) is 22.6. The van der Waals surface area contributed by atoms with E-state index >= 15 is 14.4 Å². The van der Waals surface area contributed by atoms with E-state index < -0.39 is 314 Å². The van der Waals surface area contributed by atoms with E-state index in [4.69, 9.17) is 67.5 Å². The van der Waals surface area contributed by atoms with Crippen LogP contribution >= 0.6 is 0 Å². The highest BCUT2D eigenvalue weighted by Gasteiger charge is 2.41. The van der Waals surface area contributed by atoms with Gasteiger partial charge in [-0.05, 0) is 140 Å². The molecular formula is C88H144N34O25. The predicted molar refractivity (Wildman–Crippen MR) is 527 cm³/mol. The van der Waals surface area contributed by atoms with Crippen LogP contribution in [0.1, 0.15) is 188 Å². The highest BCUT2D eigenvalue weighted by atomic mass is 16.4. The number of aliphatic carboxylic acids is 4. The van der Waals surface area contributed by atoms with Gasteiger partial charge in [-0.25, -0.2) is 9.78 Å². The van der Waals surface area contributed by atoms with Crippen LogP contribution < -0.4 is 147 Å². The molecule has 45 N–H and O–H groups in total. The molecule has 816 valence electrons. The number of guanidine groups is 4. The van der Waals surface area contributed by atoms with Gasteiger partial charge in [0.1, 0.15) is 90.6 Å². The van der Waals surface area contributed by atoms with E-state index in [1.165, 1.54) is 32.6 Å². The van der Waals surface area contributed by atoms with E-state index in [1.54, 1.807) is 45.0 Å². The minimum Gasteiger partial charge on any atom is -0.481 e. The minimum atomic E-state index is -2.11. The molecule has 2 heterocycles. The number of carbonyl (C=O) groups is 21. The molecule has 59 nitrogen and oxygen atoms in total. The molecule has 147 heavy (non-hydrogen) atoms. The molecule has 1 aromatic carbocycles. The smallest absolute Gasteiger partial charge is 0.326 e. The number of nitrogens with two attached hydrogens (primary N) is 8. The molecule has 0 fully saturated rings. The molecule has 0 aliphatic carbocycles. The average Bonchev–Trinajstić information content (AvgIpc) is 1.68. The second kappa shape index (κ2) is 65.2. The Bertz CT molecular complexity index is 5040. The van der Waals surface area contributed by atoms with E-state index in [-0.39, 0.29) is 128 Å². The fourth-order valence-corrected chi connectivity index (χ4v) is 14.5. The molecule has 0 saturated heterocycles. The quantitative estimate of drug-likeness (QED) is 0.0142. The highest BCUT2D eigenvalue weighted by Crippen LogP contribution is 2.22. The van der Waals surface area contributed by atoms with Gasteiger partial charge in [0.2, 0.25) is 100 Å². The third-order valence-corrected chi connectivity index (χ3v) is 22.6. The van der Waals surface area contributed by atoms with E-state index in [0.717, 1.165) is 6.92 Å². The Morgan fingerprint density at radius 1 is 0.367 bits per heavy atom. The van der Waals surface area contributed by atoms with Crippen molar-refractivity contribution in [2.75, 3.05) is 32.7 Å². The number of primary amides is 2. The lowest BCUT2D eigenvalue weighted by Gasteiger charge is -2.29. The van der Waals surface area contributed by atoms with Crippen LogP contribution in [-0.2, 0) is 114 Å². The molecule has 59 heteroatoms. The first-order chi connectivity index (χ1) is 69.2. The molecule has 3 rings (SSSR count). The fourth-order valence-electron chi connectivity index (χ4n) is 14.5. The van der Waals surface area contributed by atoms with Gasteiger partial charge in [-0.15, -0.1) is 0 Å². The topological polar surface area (TPSA) is 1020 Å². The van der Waals surface area contributed by atoms with Gasteiger partial charge in [0, 0.05) is 87.3 Å². The second-order valence-corrected chi connectivity index (χ2v) is 35.4. The van der Waals surface area contributed by atoms with Crippen molar-refractivity contribution in [3.63, 3.8) is 0 Å². The molecule has 17 atom stereocenters. The molecule has 0 spiro atoms. The summed E-state index contributed by atoms with van der Waals surface area (Å²) in [5.41, 5.74) is 45.5. The average molecular weight is 2080 g/mol. The number of unbranched alkanes of at least 4 members (excludes halogenated alkanes) is 1. The molecule has 0 aliphatic heterocycles. The first-order valence-electron chi connectivity index (χ1n) is 47.5. The van der Waals surface area contributed by atoms with E-state index in [2.05, 4.69) is 116 Å². The zero-order valence-corrected chi connectivity index (χ0v) is 82.7. The molecule has 2 aromatic heterocycles. The lowest BCUT2D eigenvalue weighted by Crippen LogP contribution is -2.62. The summed E-state index contributed by atoms with van der Waals surface area (Å²) in [4.78, 5) is 300. The summed E-state index contributed by atoms with van der Waals surface area (Å²) < 4.78 is 0. The zero-order chi connectivity index (χ0) is 110. The molecule has 0 saturated carbocycles. The van der Waals surface area contributed by atoms with Crippen molar-refractivity contribution in [2.45, 2.75) is 286 Å². The van der Waals surface area contributed by atoms with Crippen LogP contribution in [0.25, 0.3) is 10.9 Å². The summed E-state index contributed by atoms with van der Waals surface area (Å²) in [7, 11) is 0. The Morgan fingerprint density at radius 3 is 1.10 bits per heavy atom. The van der Waals surface area contributed by atoms with Crippen LogP contribution in [0, 0.1) is 33.5 Å². The Hall–Kier alpha value is -16.2. The predicted octanol–water partition coefficient (Wildman–Crippen LogP) is -9.98. The second-order valence-electron chi connectivity index (χ2n) is 35.4. The lowest BCUT2D eigenvalue weighted by molar-refractivity contribution is -0.143. The summed E-state index contributed by atoms with van der Waals surface area (Å²) in [6, 6.07) is -20.5. The van der Waals surface area contributed by atoms with E-state index in [1.807, 2.05) is 0 Å². The molecule has 17 amide bonds. The molecule has 0 aliphatic rings. The third kappa shape index (κ3) is 48.7. The molecule has 0 radical (unpaired) electrons. The van der Waals surface area contributed by atoms with Crippen molar-refractivity contribution in [3.8, 4) is 0 Å². The van der Waals surface area contributed by atoms with Crippen LogP contribution in [0.15, 0.2) is 43.0 Å². The zero-order valence-electron chi connectivity index (χ0n) is 82.7. The van der Waals surface area contributed by atoms with Crippen molar-refractivity contribution in [1.29, 1.82) is 21.6 Å². The maximum Gasteiger partial charge on any atom is 0.326 e. The molecule has 3 aromatic rings. The lowest BCUT2D eigenvalue weighted by atomic mass is 9.96. The number of aromatic nitrogens is 3. The van der Waals surface area contributed by atoms with Crippen molar-refractivity contribution < 1.29 is 121 Å². The number of carbonyl (C=O) groups excluding carboxylic acids is 17. The highest BCUT2D eigenvalue weighted by molar-refractivity contribution is 6.03. The van der Waals surface area contributed by atoms with Gasteiger partial charge >= 0.3 is 23.9 Å². The molecule has 0 unspecified atom stereocenters. The van der Waals surface area contributed by atoms with E-state index in [0.29, 0.717) is 16.5 Å². The number of aromatic amines is 2. The fraction of sp³-hybridized carbons (Fsp3) is 0.591. The first-order valence-corrected chi connectivity index (χ1v) is 47.5. The van der Waals surface area contributed by atoms with Gasteiger partial charge in [-0.1, -0.05) is 52.3 Å². The van der Waals surface area contributed by atoms with Gasteiger partial charge in [-0.2, -0.15) is 0 Å². The summed E-state index contributed by atoms with van der Waals surface area (Å²) in [5.74, 6) is -28.6. The Balaban J connectivity index is 2.05. The SMILES string of the molecule is CC[C@H](C)[C@H](NC(=O)[C@H](CCC(N)=O)NC(=O)[C@H](C)NC(=O)[C@H](CCC(N)=O)NC(=O)[C@H](CC(C)C)NC(=O)[C@H](CCC(=O)O)NC(=O)[C@H](CC(=O)O)NC(=O)[C@H](CCCNC(=N)N)NC(=O)[C@H](C)N)C(=O)N[C@@H](CC(=O)O)C(=O)N[C@@H](CCCCN)C(=O)N[C@@H](Cc1c[nH]c2ccccc12)C(=O)N[C@@H](Cc1cnc[nH]1)C(=O)N[C@@H](CCCNC(=N)N)C(=O)N[C@@H](CCCNC(=N)N)C(=O)N[C@@H](CCCNC(=N)N)C(=O)O. The number of para-hydroxylation sites is 1. The number of rotatable bonds is 72. The van der Waals surface area contributed by atoms with Gasteiger partial charge in [-0.3, -0.25) is 118 Å². The maximum absolute atomic E-state index is 15.4. The largest absolute Gasteiger partial charge is 0.481 e. The summed E-state index contributed by atoms with van der Waals surface area (Å²) >= 11 is 0. The standard InChI is InChI=1S/C88H144N34O25/c1-7-43(4)68(122-77(139)55(24-27-64(92)124)110-70(132)45(6)108-71(133)54(23-26-63(91)123)114-78(140)58(34-42(2)3)117-76(138)56(25-28-65(125)126)115-81(143)61(37-66(127)128)120-75(137)51(109-69(131)44(5)90)19-12-30-102-85(93)94)83(145)121-62(38-67(129)130)82(144)112-50(18-10-11-29-89)74(136)118-59(35-46-39-106-49-17-9-8-16-48(46)49)79(141)119-60(36-47-40-101-41-107-47)80(142)113-52(20-13-31-103-86(95)96)72(134)111-53(21-14-32-104-87(97)98)73(135)116-57(84(146)147)22-15-33-105-88(99)100/h8-9,16-17,39-45,50-62,68,106H,7,10-15,18-38,89-90H2,1-6H3,(H2,91,123)(H2,92,124)(H,101,107)(H,108,133)(H,109,131)(H,110,132)(H,111,134)(H,112,144)(H,113,142)(H,114,140)(H,115,143)(H,116,135)(H,117,138)(H,118,136)(H,119,141)(H,120,137)(H,121,145)(H,122,139)(H,125,126)(H,127,128)(H,129,130)(H,146,147)(H4,93,94,102)(H4,95,96,103)(H4,97,98,104)(H4,99,100,105)/t43-,44-,45-,50-,51-,52-,53-,54-,55-,56-,57-,58-,59-,60-,61-,62-,68-/m0/s1. The Morgan fingerprint density at radius 2 is 0.707 bits per heavy atom. The van der Waals surface area contributed by atoms with Crippen LogP contribution in [0.4, 0.5) is 0 Å². The van der Waals surface area contributed by atoms with Gasteiger partial charge < -0.3 is 177 Å². The number of fused-ring (bicyclic) bond motifs is 1. The first kappa shape index (κ1) is 125. The summed E-state index contributed by atoms with van der Waals surface area (Å²) in [6.07, 6.45) is -3.89. The van der Waals surface area contributed by atoms with Crippen molar-refractivity contribution in [1.82, 2.24) is 116 Å². The monoisotopic (exact) mass is 2080 g/mol. The number of carboxylic acid groups (broad SMARTS) is 4. The van der Waals surface area contributed by atoms with Crippen LogP contribution in [0.5, 0.6) is 0 Å².